The van der Waals surface area contributed by atoms with Gasteiger partial charge in [0, 0.05) is 25.9 Å². The quantitative estimate of drug-likeness (QED) is 0.755. The Kier molecular flexibility index (Phi) is 5.07. The molecular formula is C19H21NO5. The van der Waals surface area contributed by atoms with Gasteiger partial charge in [0.1, 0.15) is 0 Å². The largest absolute Gasteiger partial charge is 0.493 e. The summed E-state index contributed by atoms with van der Waals surface area (Å²) in [5.41, 5.74) is 2.21. The van der Waals surface area contributed by atoms with Crippen molar-refractivity contribution >= 4 is 11.7 Å². The highest BCUT2D eigenvalue weighted by atomic mass is 16.5. The standard InChI is InChI=1S/C19H21NO5/c1-23-17-10-13-7-8-20(12-14(13)11-18(17)24-2)19(22)6-5-15(21)16-4-3-9-25-16/h3-4,9-11H,5-8,12H2,1-2H3. The molecule has 0 fully saturated rings. The van der Waals surface area contributed by atoms with Crippen molar-refractivity contribution in [3.63, 3.8) is 0 Å². The molecule has 6 nitrogen and oxygen atoms in total. The second kappa shape index (κ2) is 7.42. The third-order valence-corrected chi connectivity index (χ3v) is 4.43. The molecule has 132 valence electrons. The molecule has 0 N–H and O–H groups in total. The number of nitrogens with zero attached hydrogens (tertiary/aromatic N) is 1. The van der Waals surface area contributed by atoms with Crippen LogP contribution < -0.4 is 9.47 Å². The van der Waals surface area contributed by atoms with E-state index in [1.54, 1.807) is 31.3 Å². The Morgan fingerprint density at radius 3 is 2.48 bits per heavy atom. The molecule has 0 radical (unpaired) electrons. The van der Waals surface area contributed by atoms with Crippen molar-refractivity contribution in [1.82, 2.24) is 4.90 Å². The lowest BCUT2D eigenvalue weighted by molar-refractivity contribution is -0.132. The van der Waals surface area contributed by atoms with Gasteiger partial charge >= 0.3 is 0 Å². The van der Waals surface area contributed by atoms with E-state index < -0.39 is 0 Å². The van der Waals surface area contributed by atoms with Gasteiger partial charge in [-0.1, -0.05) is 0 Å². The molecule has 3 rings (SSSR count). The number of ether oxygens (including phenoxy) is 2. The molecule has 1 aliphatic heterocycles. The number of benzene rings is 1. The SMILES string of the molecule is COc1cc2c(cc1OC)CN(C(=O)CCC(=O)c1ccco1)CC2. The fourth-order valence-electron chi connectivity index (χ4n) is 3.04. The Labute approximate surface area is 146 Å². The minimum Gasteiger partial charge on any atom is -0.493 e. The van der Waals surface area contributed by atoms with Crippen LogP contribution in [-0.4, -0.2) is 37.4 Å². The average Bonchev–Trinajstić information content (AvgIpc) is 3.18. The summed E-state index contributed by atoms with van der Waals surface area (Å²) in [5, 5.41) is 0. The van der Waals surface area contributed by atoms with E-state index >= 15 is 0 Å². The Hall–Kier alpha value is -2.76. The number of hydrogen-bond donors (Lipinski definition) is 0. The molecule has 2 heterocycles. The van der Waals surface area contributed by atoms with Crippen LogP contribution in [0.2, 0.25) is 0 Å². The van der Waals surface area contributed by atoms with Crippen molar-refractivity contribution in [3.05, 3.63) is 47.4 Å². The molecule has 0 spiro atoms. The maximum Gasteiger partial charge on any atom is 0.223 e. The van der Waals surface area contributed by atoms with E-state index in [2.05, 4.69) is 0 Å². The number of Topliss-reactive ketones (excluding diaryl/α,β-unsaturated/α-hetero) is 1. The molecule has 0 aliphatic carbocycles. The molecule has 1 aromatic heterocycles. The Balaban J connectivity index is 1.63. The summed E-state index contributed by atoms with van der Waals surface area (Å²) in [6.07, 6.45) is 2.55. The van der Waals surface area contributed by atoms with Crippen molar-refractivity contribution in [2.75, 3.05) is 20.8 Å². The van der Waals surface area contributed by atoms with E-state index in [-0.39, 0.29) is 24.5 Å². The van der Waals surface area contributed by atoms with Crippen molar-refractivity contribution in [2.24, 2.45) is 0 Å². The molecule has 0 unspecified atom stereocenters. The van der Waals surface area contributed by atoms with Crippen LogP contribution >= 0.6 is 0 Å². The maximum atomic E-state index is 12.4. The number of carbonyl (C=O) groups is 2. The zero-order chi connectivity index (χ0) is 17.8. The van der Waals surface area contributed by atoms with Crippen LogP contribution in [0.25, 0.3) is 0 Å². The van der Waals surface area contributed by atoms with Crippen molar-refractivity contribution in [2.45, 2.75) is 25.8 Å². The smallest absolute Gasteiger partial charge is 0.223 e. The maximum absolute atomic E-state index is 12.4. The number of furan rings is 1. The molecule has 2 aromatic rings. The summed E-state index contributed by atoms with van der Waals surface area (Å²) in [7, 11) is 3.20. The fraction of sp³-hybridized carbons (Fsp3) is 0.368. The fourth-order valence-corrected chi connectivity index (χ4v) is 3.04. The van der Waals surface area contributed by atoms with Crippen LogP contribution in [0.3, 0.4) is 0 Å². The first-order valence-electron chi connectivity index (χ1n) is 8.20. The Morgan fingerprint density at radius 2 is 1.84 bits per heavy atom. The highest BCUT2D eigenvalue weighted by Crippen LogP contribution is 2.33. The highest BCUT2D eigenvalue weighted by Gasteiger charge is 2.23. The third kappa shape index (κ3) is 3.68. The van der Waals surface area contributed by atoms with Gasteiger partial charge < -0.3 is 18.8 Å². The second-order valence-electron chi connectivity index (χ2n) is 5.94. The number of ketones is 1. The lowest BCUT2D eigenvalue weighted by Crippen LogP contribution is -2.36. The molecule has 0 saturated carbocycles. The molecule has 0 atom stereocenters. The van der Waals surface area contributed by atoms with Crippen LogP contribution in [0.15, 0.2) is 34.9 Å². The van der Waals surface area contributed by atoms with E-state index in [1.165, 1.54) is 6.26 Å². The van der Waals surface area contributed by atoms with E-state index in [9.17, 15) is 9.59 Å². The van der Waals surface area contributed by atoms with Crippen LogP contribution in [0.1, 0.15) is 34.5 Å². The Bertz CT molecular complexity index is 766. The number of amides is 1. The number of hydrogen-bond acceptors (Lipinski definition) is 5. The first-order valence-corrected chi connectivity index (χ1v) is 8.20. The minimum atomic E-state index is -0.151. The summed E-state index contributed by atoms with van der Waals surface area (Å²) in [5.74, 6) is 1.48. The molecule has 1 amide bonds. The van der Waals surface area contributed by atoms with Gasteiger partial charge in [-0.15, -0.1) is 0 Å². The van der Waals surface area contributed by atoms with E-state index in [0.717, 1.165) is 17.5 Å². The van der Waals surface area contributed by atoms with E-state index in [1.807, 2.05) is 12.1 Å². The number of fused-ring (bicyclic) bond motifs is 1. The summed E-state index contributed by atoms with van der Waals surface area (Å²) >= 11 is 0. The van der Waals surface area contributed by atoms with E-state index in [4.69, 9.17) is 13.9 Å². The van der Waals surface area contributed by atoms with Crippen LogP contribution in [-0.2, 0) is 17.8 Å². The van der Waals surface area contributed by atoms with E-state index in [0.29, 0.717) is 30.3 Å². The number of methoxy groups -OCH3 is 2. The molecular weight excluding hydrogens is 322 g/mol. The first-order chi connectivity index (χ1) is 12.1. The van der Waals surface area contributed by atoms with Gasteiger partial charge in [-0.2, -0.15) is 0 Å². The van der Waals surface area contributed by atoms with Gasteiger partial charge in [0.25, 0.3) is 0 Å². The predicted molar refractivity (Wildman–Crippen MR) is 90.9 cm³/mol. The lowest BCUT2D eigenvalue weighted by atomic mass is 9.98. The zero-order valence-electron chi connectivity index (χ0n) is 14.4. The predicted octanol–water partition coefficient (Wildman–Crippen LogP) is 2.84. The van der Waals surface area contributed by atoms with Crippen LogP contribution in [0.5, 0.6) is 11.5 Å². The topological polar surface area (TPSA) is 69.0 Å². The third-order valence-electron chi connectivity index (χ3n) is 4.43. The second-order valence-corrected chi connectivity index (χ2v) is 5.94. The van der Waals surface area contributed by atoms with Crippen LogP contribution in [0, 0.1) is 0 Å². The van der Waals surface area contributed by atoms with Gasteiger partial charge in [-0.3, -0.25) is 9.59 Å². The van der Waals surface area contributed by atoms with Gasteiger partial charge in [0.2, 0.25) is 5.91 Å². The highest BCUT2D eigenvalue weighted by molar-refractivity contribution is 5.95. The lowest BCUT2D eigenvalue weighted by Gasteiger charge is -2.29. The first kappa shape index (κ1) is 17.1. The summed E-state index contributed by atoms with van der Waals surface area (Å²) in [6, 6.07) is 7.17. The van der Waals surface area contributed by atoms with Gasteiger partial charge in [0.05, 0.1) is 20.5 Å². The van der Waals surface area contributed by atoms with Gasteiger partial charge in [0.15, 0.2) is 23.0 Å². The zero-order valence-corrected chi connectivity index (χ0v) is 14.4. The molecule has 6 heteroatoms. The summed E-state index contributed by atoms with van der Waals surface area (Å²) in [6.45, 7) is 1.15. The average molecular weight is 343 g/mol. The van der Waals surface area contributed by atoms with Gasteiger partial charge in [-0.05, 0) is 41.8 Å². The molecule has 25 heavy (non-hydrogen) atoms. The monoisotopic (exact) mass is 343 g/mol. The number of rotatable bonds is 6. The minimum absolute atomic E-state index is 0.0275. The van der Waals surface area contributed by atoms with Gasteiger partial charge in [-0.25, -0.2) is 0 Å². The van der Waals surface area contributed by atoms with Crippen molar-refractivity contribution in [1.29, 1.82) is 0 Å². The molecule has 0 bridgehead atoms. The van der Waals surface area contributed by atoms with Crippen LogP contribution in [0.4, 0.5) is 0 Å². The molecule has 0 saturated heterocycles. The Morgan fingerprint density at radius 1 is 1.12 bits per heavy atom. The summed E-state index contributed by atoms with van der Waals surface area (Å²) in [4.78, 5) is 26.2. The molecule has 1 aliphatic rings. The van der Waals surface area contributed by atoms with Crippen molar-refractivity contribution < 1.29 is 23.5 Å². The normalized spacial score (nSPS) is 13.3. The van der Waals surface area contributed by atoms with Crippen molar-refractivity contribution in [3.8, 4) is 11.5 Å². The molecule has 1 aromatic carbocycles. The number of carbonyl (C=O) groups excluding carboxylic acids is 2. The summed E-state index contributed by atoms with van der Waals surface area (Å²) < 4.78 is 15.7.